The van der Waals surface area contributed by atoms with E-state index in [0.29, 0.717) is 16.7 Å². The van der Waals surface area contributed by atoms with Gasteiger partial charge in [-0.25, -0.2) is 0 Å². The topological polar surface area (TPSA) is 40.5 Å². The van der Waals surface area contributed by atoms with E-state index in [4.69, 9.17) is 0 Å². The first kappa shape index (κ1) is 20.9. The number of hydrogen-bond acceptors (Lipinski definition) is 2. The molecule has 0 radical (unpaired) electrons. The molecule has 28 heavy (non-hydrogen) atoms. The zero-order chi connectivity index (χ0) is 20.5. The third kappa shape index (κ3) is 3.31. The summed E-state index contributed by atoms with van der Waals surface area (Å²) in [4.78, 5) is 0. The zero-order valence-corrected chi connectivity index (χ0v) is 19.2. The Kier molecular flexibility index (Phi) is 4.91. The molecular weight excluding hydrogens is 344 g/mol. The summed E-state index contributed by atoms with van der Waals surface area (Å²) in [5.41, 5.74) is 1.29. The molecular formula is C26H44O2. The van der Waals surface area contributed by atoms with Gasteiger partial charge in [0.25, 0.3) is 0 Å². The van der Waals surface area contributed by atoms with E-state index in [-0.39, 0.29) is 0 Å². The molecule has 160 valence electrons. The molecule has 0 heterocycles. The first-order chi connectivity index (χ1) is 12.9. The Hall–Kier alpha value is -0.340. The molecule has 4 aliphatic rings. The van der Waals surface area contributed by atoms with Crippen molar-refractivity contribution in [2.45, 2.75) is 111 Å². The van der Waals surface area contributed by atoms with E-state index < -0.39 is 11.2 Å². The number of aliphatic hydroxyl groups is 2. The first-order valence-electron chi connectivity index (χ1n) is 12.0. The van der Waals surface area contributed by atoms with E-state index >= 15 is 0 Å². The summed E-state index contributed by atoms with van der Waals surface area (Å²) in [6.07, 6.45) is 13.2. The standard InChI is InChI=1S/C26H44O2/c1-17(15-23(2,3)27)20-9-10-21-19-8-7-18-16-24(4,28)13-14-25(18,5)22(19)11-12-26(20,21)6/h7,17,19-22,27-28H,8-16H2,1-6H3/t17-,19?,20?,21?,22?,24+,25?,26?/m1/s1. The van der Waals surface area contributed by atoms with Gasteiger partial charge in [-0.3, -0.25) is 0 Å². The minimum absolute atomic E-state index is 0.323. The van der Waals surface area contributed by atoms with Crippen molar-refractivity contribution in [2.75, 3.05) is 0 Å². The highest BCUT2D eigenvalue weighted by molar-refractivity contribution is 5.26. The van der Waals surface area contributed by atoms with Crippen molar-refractivity contribution in [3.05, 3.63) is 11.6 Å². The molecule has 8 atom stereocenters. The van der Waals surface area contributed by atoms with Crippen molar-refractivity contribution >= 4 is 0 Å². The van der Waals surface area contributed by atoms with Gasteiger partial charge >= 0.3 is 0 Å². The molecule has 0 aromatic heterocycles. The van der Waals surface area contributed by atoms with E-state index in [0.717, 1.165) is 49.4 Å². The van der Waals surface area contributed by atoms with Crippen LogP contribution in [0.1, 0.15) is 99.3 Å². The lowest BCUT2D eigenvalue weighted by atomic mass is 9.46. The summed E-state index contributed by atoms with van der Waals surface area (Å²) < 4.78 is 0. The van der Waals surface area contributed by atoms with Crippen molar-refractivity contribution in [3.63, 3.8) is 0 Å². The highest BCUT2D eigenvalue weighted by Crippen LogP contribution is 2.67. The molecule has 2 heteroatoms. The van der Waals surface area contributed by atoms with Crippen molar-refractivity contribution in [1.29, 1.82) is 0 Å². The molecule has 0 aromatic rings. The van der Waals surface area contributed by atoms with Crippen molar-refractivity contribution in [1.82, 2.24) is 0 Å². The fourth-order valence-electron chi connectivity index (χ4n) is 8.71. The summed E-state index contributed by atoms with van der Waals surface area (Å²) in [5.74, 6) is 3.84. The lowest BCUT2D eigenvalue weighted by molar-refractivity contribution is -0.0740. The summed E-state index contributed by atoms with van der Waals surface area (Å²) in [7, 11) is 0. The van der Waals surface area contributed by atoms with Crippen molar-refractivity contribution < 1.29 is 10.2 Å². The molecule has 3 saturated carbocycles. The predicted molar refractivity (Wildman–Crippen MR) is 116 cm³/mol. The van der Waals surface area contributed by atoms with Crippen LogP contribution in [0.4, 0.5) is 0 Å². The van der Waals surface area contributed by atoms with Gasteiger partial charge in [0.2, 0.25) is 0 Å². The fourth-order valence-corrected chi connectivity index (χ4v) is 8.71. The van der Waals surface area contributed by atoms with E-state index in [1.807, 2.05) is 20.8 Å². The summed E-state index contributed by atoms with van der Waals surface area (Å²) in [5, 5.41) is 21.0. The normalized spacial score (nSPS) is 49.6. The zero-order valence-electron chi connectivity index (χ0n) is 19.2. The Morgan fingerprint density at radius 2 is 1.79 bits per heavy atom. The third-order valence-corrected chi connectivity index (χ3v) is 9.96. The summed E-state index contributed by atoms with van der Waals surface area (Å²) in [6.45, 7) is 13.5. The van der Waals surface area contributed by atoms with E-state index in [1.54, 1.807) is 5.57 Å². The lowest BCUT2D eigenvalue weighted by Gasteiger charge is -2.59. The molecule has 4 aliphatic carbocycles. The number of fused-ring (bicyclic) bond motifs is 5. The number of rotatable bonds is 3. The molecule has 0 spiro atoms. The van der Waals surface area contributed by atoms with Crippen LogP contribution in [-0.4, -0.2) is 21.4 Å². The molecule has 0 amide bonds. The van der Waals surface area contributed by atoms with E-state index in [9.17, 15) is 10.2 Å². The van der Waals surface area contributed by atoms with Crippen LogP contribution in [0.15, 0.2) is 11.6 Å². The second kappa shape index (κ2) is 6.58. The molecule has 2 nitrogen and oxygen atoms in total. The van der Waals surface area contributed by atoms with Gasteiger partial charge in [0, 0.05) is 0 Å². The molecule has 0 aliphatic heterocycles. The predicted octanol–water partition coefficient (Wildman–Crippen LogP) is 6.11. The van der Waals surface area contributed by atoms with E-state index in [2.05, 4.69) is 26.8 Å². The van der Waals surface area contributed by atoms with Crippen LogP contribution < -0.4 is 0 Å². The molecule has 0 saturated heterocycles. The van der Waals surface area contributed by atoms with Crippen LogP contribution in [-0.2, 0) is 0 Å². The SMILES string of the molecule is C[C@H](CC(C)(C)O)C1CCC2C3CC=C4C[C@@](C)(O)CCC4(C)C3CCC21C. The fraction of sp³-hybridized carbons (Fsp3) is 0.923. The van der Waals surface area contributed by atoms with Crippen LogP contribution in [0.25, 0.3) is 0 Å². The highest BCUT2D eigenvalue weighted by Gasteiger charge is 2.59. The summed E-state index contributed by atoms with van der Waals surface area (Å²) in [6, 6.07) is 0. The molecule has 0 aromatic carbocycles. The Labute approximate surface area is 173 Å². The Morgan fingerprint density at radius 1 is 1.07 bits per heavy atom. The Balaban J connectivity index is 1.57. The van der Waals surface area contributed by atoms with Crippen LogP contribution in [0.5, 0.6) is 0 Å². The third-order valence-electron chi connectivity index (χ3n) is 9.96. The molecule has 6 unspecified atom stereocenters. The first-order valence-corrected chi connectivity index (χ1v) is 12.0. The number of hydrogen-bond donors (Lipinski definition) is 2. The van der Waals surface area contributed by atoms with Crippen molar-refractivity contribution in [3.8, 4) is 0 Å². The number of allylic oxidation sites excluding steroid dienone is 1. The second-order valence-corrected chi connectivity index (χ2v) is 12.7. The van der Waals surface area contributed by atoms with Gasteiger partial charge in [-0.05, 0) is 119 Å². The average molecular weight is 389 g/mol. The van der Waals surface area contributed by atoms with Crippen LogP contribution in [0, 0.1) is 40.4 Å². The van der Waals surface area contributed by atoms with Gasteiger partial charge < -0.3 is 10.2 Å². The smallest absolute Gasteiger partial charge is 0.0657 e. The van der Waals surface area contributed by atoms with Gasteiger partial charge in [-0.2, -0.15) is 0 Å². The second-order valence-electron chi connectivity index (χ2n) is 12.7. The van der Waals surface area contributed by atoms with Gasteiger partial charge in [0.05, 0.1) is 11.2 Å². The minimum atomic E-state index is -0.555. The lowest BCUT2D eigenvalue weighted by Crippen LogP contribution is -2.52. The molecule has 0 bridgehead atoms. The van der Waals surface area contributed by atoms with Gasteiger partial charge in [-0.15, -0.1) is 0 Å². The maximum Gasteiger partial charge on any atom is 0.0657 e. The molecule has 2 N–H and O–H groups in total. The van der Waals surface area contributed by atoms with Gasteiger partial charge in [0.15, 0.2) is 0 Å². The Morgan fingerprint density at radius 3 is 2.46 bits per heavy atom. The summed E-state index contributed by atoms with van der Waals surface area (Å²) >= 11 is 0. The quantitative estimate of drug-likeness (QED) is 0.572. The van der Waals surface area contributed by atoms with Crippen LogP contribution in [0.2, 0.25) is 0 Å². The van der Waals surface area contributed by atoms with Gasteiger partial charge in [-0.1, -0.05) is 32.4 Å². The van der Waals surface area contributed by atoms with Gasteiger partial charge in [0.1, 0.15) is 0 Å². The molecule has 3 fully saturated rings. The van der Waals surface area contributed by atoms with Crippen molar-refractivity contribution in [2.24, 2.45) is 40.4 Å². The van der Waals surface area contributed by atoms with Crippen LogP contribution in [0.3, 0.4) is 0 Å². The maximum absolute atomic E-state index is 10.6. The highest BCUT2D eigenvalue weighted by atomic mass is 16.3. The molecule has 4 rings (SSSR count). The monoisotopic (exact) mass is 388 g/mol. The van der Waals surface area contributed by atoms with Crippen LogP contribution >= 0.6 is 0 Å². The largest absolute Gasteiger partial charge is 0.390 e. The minimum Gasteiger partial charge on any atom is -0.390 e. The Bertz CT molecular complexity index is 641. The van der Waals surface area contributed by atoms with E-state index in [1.165, 1.54) is 32.1 Å². The maximum atomic E-state index is 10.6. The average Bonchev–Trinajstić information content (AvgIpc) is 2.91.